The summed E-state index contributed by atoms with van der Waals surface area (Å²) < 4.78 is 11.0. The zero-order chi connectivity index (χ0) is 17.9. The monoisotopic (exact) mass is 351 g/mol. The van der Waals surface area contributed by atoms with E-state index in [1.807, 2.05) is 43.3 Å². The SMILES string of the molecule is Cc1cc2cc(NC(=O)C(c3cccnc3)N3CCOCC3)ccc2o1. The van der Waals surface area contributed by atoms with E-state index < -0.39 is 6.04 Å². The summed E-state index contributed by atoms with van der Waals surface area (Å²) in [6.45, 7) is 4.60. The summed E-state index contributed by atoms with van der Waals surface area (Å²) in [5.41, 5.74) is 2.45. The number of anilines is 1. The van der Waals surface area contributed by atoms with Gasteiger partial charge in [-0.2, -0.15) is 0 Å². The number of morpholine rings is 1. The molecular weight excluding hydrogens is 330 g/mol. The molecule has 3 heterocycles. The molecule has 0 spiro atoms. The Balaban J connectivity index is 1.60. The van der Waals surface area contributed by atoms with Gasteiger partial charge in [-0.3, -0.25) is 14.7 Å². The molecule has 1 fully saturated rings. The fourth-order valence-electron chi connectivity index (χ4n) is 3.37. The first-order valence-electron chi connectivity index (χ1n) is 8.73. The number of aromatic nitrogens is 1. The molecule has 1 atom stereocenters. The van der Waals surface area contributed by atoms with E-state index in [0.717, 1.165) is 28.0 Å². The number of furan rings is 1. The van der Waals surface area contributed by atoms with Gasteiger partial charge in [-0.05, 0) is 42.8 Å². The zero-order valence-corrected chi connectivity index (χ0v) is 14.6. The van der Waals surface area contributed by atoms with Crippen LogP contribution < -0.4 is 5.32 Å². The van der Waals surface area contributed by atoms with Crippen LogP contribution >= 0.6 is 0 Å². The first-order valence-corrected chi connectivity index (χ1v) is 8.73. The molecule has 1 unspecified atom stereocenters. The molecule has 1 saturated heterocycles. The molecule has 6 nitrogen and oxygen atoms in total. The van der Waals surface area contributed by atoms with Crippen LogP contribution in [0.5, 0.6) is 0 Å². The van der Waals surface area contributed by atoms with Crippen LogP contribution in [0.1, 0.15) is 17.4 Å². The van der Waals surface area contributed by atoms with E-state index in [2.05, 4.69) is 15.2 Å². The number of nitrogens with zero attached hydrogens (tertiary/aromatic N) is 2. The van der Waals surface area contributed by atoms with Gasteiger partial charge in [-0.15, -0.1) is 0 Å². The summed E-state index contributed by atoms with van der Waals surface area (Å²) in [6, 6.07) is 11.0. The molecule has 26 heavy (non-hydrogen) atoms. The highest BCUT2D eigenvalue weighted by Crippen LogP contribution is 2.26. The number of carbonyl (C=O) groups excluding carboxylic acids is 1. The molecule has 6 heteroatoms. The van der Waals surface area contributed by atoms with Crippen molar-refractivity contribution >= 4 is 22.6 Å². The largest absolute Gasteiger partial charge is 0.461 e. The van der Waals surface area contributed by atoms with Crippen molar-refractivity contribution in [2.24, 2.45) is 0 Å². The van der Waals surface area contributed by atoms with Crippen LogP contribution in [0.15, 0.2) is 53.2 Å². The number of hydrogen-bond acceptors (Lipinski definition) is 5. The van der Waals surface area contributed by atoms with Crippen molar-refractivity contribution in [3.63, 3.8) is 0 Å². The molecule has 0 aliphatic carbocycles. The minimum Gasteiger partial charge on any atom is -0.461 e. The molecule has 0 saturated carbocycles. The van der Waals surface area contributed by atoms with E-state index in [9.17, 15) is 4.79 Å². The molecule has 2 aromatic heterocycles. The number of aryl methyl sites for hydroxylation is 1. The summed E-state index contributed by atoms with van der Waals surface area (Å²) in [4.78, 5) is 19.4. The van der Waals surface area contributed by atoms with Crippen LogP contribution in [0.3, 0.4) is 0 Å². The summed E-state index contributed by atoms with van der Waals surface area (Å²) >= 11 is 0. The van der Waals surface area contributed by atoms with Gasteiger partial charge < -0.3 is 14.5 Å². The highest BCUT2D eigenvalue weighted by atomic mass is 16.5. The maximum absolute atomic E-state index is 13.1. The first-order chi connectivity index (χ1) is 12.7. The van der Waals surface area contributed by atoms with E-state index >= 15 is 0 Å². The van der Waals surface area contributed by atoms with E-state index in [4.69, 9.17) is 9.15 Å². The number of fused-ring (bicyclic) bond motifs is 1. The quantitative estimate of drug-likeness (QED) is 0.782. The van der Waals surface area contributed by atoms with E-state index in [-0.39, 0.29) is 5.91 Å². The van der Waals surface area contributed by atoms with Gasteiger partial charge in [0.2, 0.25) is 5.91 Å². The number of carbonyl (C=O) groups is 1. The Hall–Kier alpha value is -2.70. The van der Waals surface area contributed by atoms with Crippen LogP contribution in [-0.4, -0.2) is 42.1 Å². The van der Waals surface area contributed by atoms with Crippen molar-refractivity contribution in [2.45, 2.75) is 13.0 Å². The fraction of sp³-hybridized carbons (Fsp3) is 0.300. The number of amides is 1. The molecule has 1 aliphatic heterocycles. The second kappa shape index (κ2) is 7.27. The van der Waals surface area contributed by atoms with Gasteiger partial charge >= 0.3 is 0 Å². The Bertz CT molecular complexity index is 901. The third kappa shape index (κ3) is 3.47. The molecule has 0 radical (unpaired) electrons. The lowest BCUT2D eigenvalue weighted by molar-refractivity contribution is -0.123. The summed E-state index contributed by atoms with van der Waals surface area (Å²) in [7, 11) is 0. The van der Waals surface area contributed by atoms with Gasteiger partial charge in [0.1, 0.15) is 17.4 Å². The molecule has 1 aromatic carbocycles. The maximum Gasteiger partial charge on any atom is 0.246 e. The minimum absolute atomic E-state index is 0.0699. The van der Waals surface area contributed by atoms with Gasteiger partial charge in [0.05, 0.1) is 13.2 Å². The summed E-state index contributed by atoms with van der Waals surface area (Å²) in [6.07, 6.45) is 3.47. The van der Waals surface area contributed by atoms with Crippen LogP contribution in [0, 0.1) is 6.92 Å². The van der Waals surface area contributed by atoms with Crippen molar-refractivity contribution < 1.29 is 13.9 Å². The highest BCUT2D eigenvalue weighted by molar-refractivity contribution is 5.97. The molecule has 134 valence electrons. The molecule has 3 aromatic rings. The highest BCUT2D eigenvalue weighted by Gasteiger charge is 2.29. The van der Waals surface area contributed by atoms with Crippen LogP contribution in [0.4, 0.5) is 5.69 Å². The van der Waals surface area contributed by atoms with Crippen molar-refractivity contribution in [1.29, 1.82) is 0 Å². The third-order valence-corrected chi connectivity index (χ3v) is 4.57. The topological polar surface area (TPSA) is 67.6 Å². The number of rotatable bonds is 4. The molecule has 1 amide bonds. The second-order valence-electron chi connectivity index (χ2n) is 6.44. The normalized spacial score (nSPS) is 16.5. The van der Waals surface area contributed by atoms with Crippen LogP contribution in [-0.2, 0) is 9.53 Å². The number of hydrogen-bond donors (Lipinski definition) is 1. The predicted octanol–water partition coefficient (Wildman–Crippen LogP) is 3.15. The first kappa shape index (κ1) is 16.8. The predicted molar refractivity (Wildman–Crippen MR) is 99.0 cm³/mol. The minimum atomic E-state index is -0.394. The average Bonchev–Trinajstić information content (AvgIpc) is 3.03. The molecular formula is C20H21N3O3. The average molecular weight is 351 g/mol. The van der Waals surface area contributed by atoms with Crippen molar-refractivity contribution in [3.8, 4) is 0 Å². The molecule has 1 aliphatic rings. The number of nitrogens with one attached hydrogen (secondary N) is 1. The van der Waals surface area contributed by atoms with Crippen molar-refractivity contribution in [2.75, 3.05) is 31.6 Å². The smallest absolute Gasteiger partial charge is 0.246 e. The van der Waals surface area contributed by atoms with Gasteiger partial charge in [0.15, 0.2) is 0 Å². The Morgan fingerprint density at radius 1 is 1.23 bits per heavy atom. The van der Waals surface area contributed by atoms with E-state index in [0.29, 0.717) is 26.3 Å². The lowest BCUT2D eigenvalue weighted by Gasteiger charge is -2.33. The fourth-order valence-corrected chi connectivity index (χ4v) is 3.37. The second-order valence-corrected chi connectivity index (χ2v) is 6.44. The Morgan fingerprint density at radius 2 is 2.08 bits per heavy atom. The zero-order valence-electron chi connectivity index (χ0n) is 14.6. The van der Waals surface area contributed by atoms with Crippen LogP contribution in [0.25, 0.3) is 11.0 Å². The van der Waals surface area contributed by atoms with E-state index in [1.54, 1.807) is 12.4 Å². The van der Waals surface area contributed by atoms with Gasteiger partial charge in [-0.1, -0.05) is 6.07 Å². The lowest BCUT2D eigenvalue weighted by Crippen LogP contribution is -2.43. The Kier molecular flexibility index (Phi) is 4.69. The van der Waals surface area contributed by atoms with Gasteiger partial charge in [0, 0.05) is 36.6 Å². The van der Waals surface area contributed by atoms with E-state index in [1.165, 1.54) is 0 Å². The number of ether oxygens (including phenoxy) is 1. The Morgan fingerprint density at radius 3 is 2.85 bits per heavy atom. The number of pyridine rings is 1. The maximum atomic E-state index is 13.1. The molecule has 0 bridgehead atoms. The Labute approximate surface area is 151 Å². The lowest BCUT2D eigenvalue weighted by atomic mass is 10.1. The molecule has 4 rings (SSSR count). The van der Waals surface area contributed by atoms with Gasteiger partial charge in [0.25, 0.3) is 0 Å². The summed E-state index contributed by atoms with van der Waals surface area (Å²) in [5, 5.41) is 4.02. The van der Waals surface area contributed by atoms with Gasteiger partial charge in [-0.25, -0.2) is 0 Å². The molecule has 1 N–H and O–H groups in total. The summed E-state index contributed by atoms with van der Waals surface area (Å²) in [5.74, 6) is 0.782. The van der Waals surface area contributed by atoms with Crippen molar-refractivity contribution in [1.82, 2.24) is 9.88 Å². The third-order valence-electron chi connectivity index (χ3n) is 4.57. The van der Waals surface area contributed by atoms with Crippen molar-refractivity contribution in [3.05, 3.63) is 60.1 Å². The number of benzene rings is 1. The van der Waals surface area contributed by atoms with Crippen LogP contribution in [0.2, 0.25) is 0 Å². The standard InChI is InChI=1S/C20H21N3O3/c1-14-11-16-12-17(4-5-18(16)26-14)22-20(24)19(15-3-2-6-21-13-15)23-7-9-25-10-8-23/h2-6,11-13,19H,7-10H2,1H3,(H,22,24).